The number of nitrogens with zero attached hydrogens (tertiary/aromatic N) is 1. The number of hydrogen-bond acceptors (Lipinski definition) is 3. The van der Waals surface area contributed by atoms with Crippen molar-refractivity contribution >= 4 is 10.0 Å². The maximum Gasteiger partial charge on any atom is 0.243 e. The Morgan fingerprint density at radius 2 is 1.86 bits per heavy atom. The molecule has 2 aliphatic heterocycles. The van der Waals surface area contributed by atoms with Crippen LogP contribution in [0.3, 0.4) is 0 Å². The SMILES string of the molecule is CC(C)C[NH+]1CCO[C@H](C[NH+]2CCN(S(=O)(=O)c3ccc4c(c3)CCC4)CC2)C1. The molecule has 1 unspecified atom stereocenters. The van der Waals surface area contributed by atoms with Crippen molar-refractivity contribution in [3.05, 3.63) is 29.3 Å². The van der Waals surface area contributed by atoms with E-state index >= 15 is 0 Å². The van der Waals surface area contributed by atoms with Gasteiger partial charge in [0, 0.05) is 5.92 Å². The second-order valence-electron chi connectivity index (χ2n) is 9.44. The van der Waals surface area contributed by atoms with E-state index in [0.29, 0.717) is 30.0 Å². The van der Waals surface area contributed by atoms with Crippen molar-refractivity contribution < 1.29 is 23.0 Å². The first-order valence-electron chi connectivity index (χ1n) is 11.3. The number of rotatable bonds is 6. The van der Waals surface area contributed by atoms with E-state index in [9.17, 15) is 8.42 Å². The molecule has 2 atom stereocenters. The van der Waals surface area contributed by atoms with Gasteiger partial charge in [0.15, 0.2) is 6.10 Å². The Balaban J connectivity index is 1.31. The predicted octanol–water partition coefficient (Wildman–Crippen LogP) is -0.996. The monoisotopic (exact) mass is 423 g/mol. The first kappa shape index (κ1) is 21.2. The number of sulfonamides is 1. The molecule has 2 N–H and O–H groups in total. The minimum atomic E-state index is -3.38. The van der Waals surface area contributed by atoms with Crippen LogP contribution in [0.5, 0.6) is 0 Å². The summed E-state index contributed by atoms with van der Waals surface area (Å²) in [5, 5.41) is 0. The summed E-state index contributed by atoms with van der Waals surface area (Å²) in [6.07, 6.45) is 3.53. The van der Waals surface area contributed by atoms with Crippen LogP contribution in [0, 0.1) is 5.92 Å². The number of ether oxygens (including phenoxy) is 1. The third-order valence-corrected chi connectivity index (χ3v) is 8.57. The fourth-order valence-electron chi connectivity index (χ4n) is 5.17. The summed E-state index contributed by atoms with van der Waals surface area (Å²) in [6, 6.07) is 5.74. The lowest BCUT2D eigenvalue weighted by atomic mass is 10.1. The molecule has 0 bridgehead atoms. The van der Waals surface area contributed by atoms with E-state index in [1.807, 2.05) is 12.1 Å². The Hall–Kier alpha value is -0.990. The quantitative estimate of drug-likeness (QED) is 0.618. The molecule has 2 heterocycles. The summed E-state index contributed by atoms with van der Waals surface area (Å²) < 4.78 is 33.9. The standard InChI is InChI=1S/C22H35N3O3S/c1-18(2)15-24-12-13-28-21(17-24)16-23-8-10-25(11-9-23)29(26,27)22-7-6-19-4-3-5-20(19)14-22/h6-7,14,18,21H,3-5,8-13,15-17H2,1-2H3/p+2/t21-/m1/s1. The van der Waals surface area contributed by atoms with Gasteiger partial charge in [0.1, 0.15) is 19.6 Å². The maximum absolute atomic E-state index is 13.1. The van der Waals surface area contributed by atoms with Crippen LogP contribution < -0.4 is 9.80 Å². The molecule has 1 aromatic carbocycles. The number of nitrogens with one attached hydrogen (secondary N) is 2. The van der Waals surface area contributed by atoms with Gasteiger partial charge in [-0.1, -0.05) is 19.9 Å². The highest BCUT2D eigenvalue weighted by Gasteiger charge is 2.34. The summed E-state index contributed by atoms with van der Waals surface area (Å²) in [5.74, 6) is 0.712. The van der Waals surface area contributed by atoms with Gasteiger partial charge in [-0.25, -0.2) is 8.42 Å². The molecule has 0 radical (unpaired) electrons. The number of hydrogen-bond donors (Lipinski definition) is 2. The van der Waals surface area contributed by atoms with Crippen molar-refractivity contribution in [3.8, 4) is 0 Å². The van der Waals surface area contributed by atoms with E-state index in [4.69, 9.17) is 4.74 Å². The van der Waals surface area contributed by atoms with E-state index in [1.165, 1.54) is 22.6 Å². The second kappa shape index (κ2) is 9.02. The third-order valence-electron chi connectivity index (χ3n) is 6.68. The fraction of sp³-hybridized carbons (Fsp3) is 0.727. The van der Waals surface area contributed by atoms with Crippen LogP contribution in [-0.2, 0) is 27.6 Å². The highest BCUT2D eigenvalue weighted by molar-refractivity contribution is 7.89. The molecule has 1 aliphatic carbocycles. The number of aryl methyl sites for hydroxylation is 2. The molecule has 0 saturated carbocycles. The predicted molar refractivity (Wildman–Crippen MR) is 113 cm³/mol. The van der Waals surface area contributed by atoms with Gasteiger partial charge in [0.05, 0.1) is 44.2 Å². The minimum Gasteiger partial charge on any atom is -0.361 e. The molecule has 4 rings (SSSR count). The topological polar surface area (TPSA) is 55.5 Å². The Bertz CT molecular complexity index is 804. The van der Waals surface area contributed by atoms with Gasteiger partial charge in [0.25, 0.3) is 0 Å². The molecule has 7 heteroatoms. The largest absolute Gasteiger partial charge is 0.361 e. The van der Waals surface area contributed by atoms with E-state index in [2.05, 4.69) is 13.8 Å². The molecule has 0 amide bonds. The van der Waals surface area contributed by atoms with Crippen LogP contribution >= 0.6 is 0 Å². The summed E-state index contributed by atoms with van der Waals surface area (Å²) in [5.41, 5.74) is 2.54. The number of fused-ring (bicyclic) bond motifs is 1. The van der Waals surface area contributed by atoms with E-state index in [0.717, 1.165) is 58.6 Å². The lowest BCUT2D eigenvalue weighted by Crippen LogP contribution is -3.19. The highest BCUT2D eigenvalue weighted by Crippen LogP contribution is 2.26. The molecule has 162 valence electrons. The first-order chi connectivity index (χ1) is 13.9. The second-order valence-corrected chi connectivity index (χ2v) is 11.4. The lowest BCUT2D eigenvalue weighted by molar-refractivity contribution is -0.935. The van der Waals surface area contributed by atoms with Crippen molar-refractivity contribution in [3.63, 3.8) is 0 Å². The van der Waals surface area contributed by atoms with Crippen molar-refractivity contribution in [2.24, 2.45) is 5.92 Å². The number of morpholine rings is 1. The zero-order valence-electron chi connectivity index (χ0n) is 18.0. The Kier molecular flexibility index (Phi) is 6.61. The molecule has 2 fully saturated rings. The number of quaternary nitrogens is 2. The molecule has 1 aromatic rings. The van der Waals surface area contributed by atoms with E-state index in [1.54, 1.807) is 15.3 Å². The summed E-state index contributed by atoms with van der Waals surface area (Å²) >= 11 is 0. The Morgan fingerprint density at radius 1 is 1.10 bits per heavy atom. The van der Waals surface area contributed by atoms with Gasteiger partial charge >= 0.3 is 0 Å². The summed E-state index contributed by atoms with van der Waals surface area (Å²) in [6.45, 7) is 12.7. The molecular formula is C22H37N3O3S+2. The average molecular weight is 424 g/mol. The highest BCUT2D eigenvalue weighted by atomic mass is 32.2. The van der Waals surface area contributed by atoms with Crippen molar-refractivity contribution in [1.29, 1.82) is 0 Å². The van der Waals surface area contributed by atoms with Crippen molar-refractivity contribution in [2.45, 2.75) is 44.1 Å². The van der Waals surface area contributed by atoms with Gasteiger partial charge in [-0.05, 0) is 42.5 Å². The molecular weight excluding hydrogens is 386 g/mol. The van der Waals surface area contributed by atoms with E-state index < -0.39 is 10.0 Å². The summed E-state index contributed by atoms with van der Waals surface area (Å²) in [7, 11) is -3.38. The Morgan fingerprint density at radius 3 is 2.62 bits per heavy atom. The third kappa shape index (κ3) is 5.02. The summed E-state index contributed by atoms with van der Waals surface area (Å²) in [4.78, 5) is 3.60. The van der Waals surface area contributed by atoms with Crippen molar-refractivity contribution in [1.82, 2.24) is 4.31 Å². The van der Waals surface area contributed by atoms with E-state index in [-0.39, 0.29) is 0 Å². The zero-order valence-corrected chi connectivity index (χ0v) is 18.8. The van der Waals surface area contributed by atoms with Gasteiger partial charge in [-0.2, -0.15) is 4.31 Å². The maximum atomic E-state index is 13.1. The first-order valence-corrected chi connectivity index (χ1v) is 12.8. The fourth-order valence-corrected chi connectivity index (χ4v) is 6.67. The van der Waals surface area contributed by atoms with Crippen LogP contribution in [-0.4, -0.2) is 77.8 Å². The van der Waals surface area contributed by atoms with Crippen LogP contribution in [0.2, 0.25) is 0 Å². The van der Waals surface area contributed by atoms with Crippen LogP contribution in [0.15, 0.2) is 23.1 Å². The molecule has 3 aliphatic rings. The van der Waals surface area contributed by atoms with Crippen LogP contribution in [0.4, 0.5) is 0 Å². The molecule has 6 nitrogen and oxygen atoms in total. The van der Waals surface area contributed by atoms with Gasteiger partial charge in [-0.3, -0.25) is 0 Å². The van der Waals surface area contributed by atoms with Crippen LogP contribution in [0.25, 0.3) is 0 Å². The average Bonchev–Trinajstić information content (AvgIpc) is 3.16. The van der Waals surface area contributed by atoms with Crippen molar-refractivity contribution in [2.75, 3.05) is 59.0 Å². The molecule has 29 heavy (non-hydrogen) atoms. The minimum absolute atomic E-state index is 0.298. The molecule has 0 aromatic heterocycles. The van der Waals surface area contributed by atoms with Gasteiger partial charge in [0.2, 0.25) is 10.0 Å². The zero-order chi connectivity index (χ0) is 20.4. The smallest absolute Gasteiger partial charge is 0.243 e. The number of piperazine rings is 1. The molecule has 0 spiro atoms. The number of benzene rings is 1. The van der Waals surface area contributed by atoms with Gasteiger partial charge in [-0.15, -0.1) is 0 Å². The van der Waals surface area contributed by atoms with Gasteiger partial charge < -0.3 is 14.5 Å². The van der Waals surface area contributed by atoms with Crippen LogP contribution in [0.1, 0.15) is 31.4 Å². The molecule has 2 saturated heterocycles. The Labute approximate surface area is 175 Å². The normalized spacial score (nSPS) is 26.7. The lowest BCUT2D eigenvalue weighted by Gasteiger charge is -2.36.